The van der Waals surface area contributed by atoms with Gasteiger partial charge in [-0.25, -0.2) is 0 Å². The topological polar surface area (TPSA) is 78.9 Å². The minimum Gasteiger partial charge on any atom is -0.493 e. The van der Waals surface area contributed by atoms with Crippen LogP contribution in [0.5, 0.6) is 5.75 Å². The fourth-order valence-electron chi connectivity index (χ4n) is 4.04. The largest absolute Gasteiger partial charge is 0.493 e. The Balaban J connectivity index is 1.81. The van der Waals surface area contributed by atoms with Gasteiger partial charge in [-0.3, -0.25) is 14.5 Å². The molecule has 0 radical (unpaired) electrons. The summed E-state index contributed by atoms with van der Waals surface area (Å²) < 4.78 is 6.17. The highest BCUT2D eigenvalue weighted by Crippen LogP contribution is 2.31. The van der Waals surface area contributed by atoms with Gasteiger partial charge in [0, 0.05) is 25.2 Å². The Kier molecular flexibility index (Phi) is 8.08. The molecule has 0 aromatic heterocycles. The first-order chi connectivity index (χ1) is 14.6. The van der Waals surface area contributed by atoms with E-state index in [-0.39, 0.29) is 12.3 Å². The van der Waals surface area contributed by atoms with Crippen molar-refractivity contribution in [2.24, 2.45) is 0 Å². The number of hydrogen-bond acceptors (Lipinski definition) is 4. The summed E-state index contributed by atoms with van der Waals surface area (Å²) in [4.78, 5) is 25.6. The van der Waals surface area contributed by atoms with Gasteiger partial charge in [-0.05, 0) is 23.3 Å². The molecule has 2 aromatic rings. The number of fused-ring (bicyclic) bond motifs is 1. The monoisotopic (exact) mass is 412 g/mol. The maximum atomic E-state index is 12.3. The van der Waals surface area contributed by atoms with Crippen molar-refractivity contribution in [1.82, 2.24) is 10.2 Å². The minimum atomic E-state index is -0.969. The maximum absolute atomic E-state index is 12.3. The lowest BCUT2D eigenvalue weighted by Crippen LogP contribution is -2.55. The normalized spacial score (nSPS) is 17.1. The van der Waals surface area contributed by atoms with Crippen molar-refractivity contribution in [1.29, 1.82) is 0 Å². The van der Waals surface area contributed by atoms with Gasteiger partial charge in [0.25, 0.3) is 0 Å². The number of nitrogens with one attached hydrogen (secondary N) is 1. The lowest BCUT2D eigenvalue weighted by molar-refractivity contribution is -0.143. The quantitative estimate of drug-likeness (QED) is 0.546. The summed E-state index contributed by atoms with van der Waals surface area (Å²) in [7, 11) is 0. The highest BCUT2D eigenvalue weighted by molar-refractivity contribution is 5.89. The molecule has 2 aromatic carbocycles. The van der Waals surface area contributed by atoms with Gasteiger partial charge < -0.3 is 15.2 Å². The summed E-state index contributed by atoms with van der Waals surface area (Å²) in [6.07, 6.45) is 5.66. The molecule has 1 aliphatic rings. The van der Waals surface area contributed by atoms with Crippen LogP contribution in [0.3, 0.4) is 0 Å². The molecular weight excluding hydrogens is 380 g/mol. The second-order valence-corrected chi connectivity index (χ2v) is 7.90. The zero-order chi connectivity index (χ0) is 21.3. The Hall–Kier alpha value is -2.60. The van der Waals surface area contributed by atoms with Crippen molar-refractivity contribution in [3.63, 3.8) is 0 Å². The van der Waals surface area contributed by atoms with E-state index in [1.165, 1.54) is 19.3 Å². The zero-order valence-electron chi connectivity index (χ0n) is 17.7. The van der Waals surface area contributed by atoms with Gasteiger partial charge in [0.1, 0.15) is 11.8 Å². The summed E-state index contributed by atoms with van der Waals surface area (Å²) in [6.45, 7) is 4.49. The van der Waals surface area contributed by atoms with Gasteiger partial charge in [0.05, 0.1) is 13.0 Å². The predicted molar refractivity (Wildman–Crippen MR) is 118 cm³/mol. The number of amides is 1. The van der Waals surface area contributed by atoms with E-state index in [0.29, 0.717) is 26.2 Å². The molecule has 30 heavy (non-hydrogen) atoms. The first-order valence-electron chi connectivity index (χ1n) is 11.0. The van der Waals surface area contributed by atoms with E-state index >= 15 is 0 Å². The number of carbonyl (C=O) groups is 2. The number of hydrogen-bond donors (Lipinski definition) is 2. The van der Waals surface area contributed by atoms with Crippen LogP contribution in [0.1, 0.15) is 51.0 Å². The highest BCUT2D eigenvalue weighted by Gasteiger charge is 2.32. The average Bonchev–Trinajstić information content (AvgIpc) is 2.74. The Morgan fingerprint density at radius 2 is 1.97 bits per heavy atom. The maximum Gasteiger partial charge on any atom is 0.305 e. The standard InChI is InChI=1S/C24H32N2O4/c1-2-3-4-5-8-15-30-22-12-11-18-9-6-7-10-19(18)20(22)17-26-14-13-25-24(29)21(26)16-23(27)28/h6-7,9-12,21H,2-5,8,13-17H2,1H3,(H,25,29)(H,27,28). The fraction of sp³-hybridized carbons (Fsp3) is 0.500. The third-order valence-electron chi connectivity index (χ3n) is 5.67. The number of carboxylic acids is 1. The Bertz CT molecular complexity index is 867. The van der Waals surface area contributed by atoms with E-state index in [1.54, 1.807) is 0 Å². The molecule has 1 unspecified atom stereocenters. The summed E-state index contributed by atoms with van der Waals surface area (Å²) in [6, 6.07) is 11.5. The van der Waals surface area contributed by atoms with Crippen molar-refractivity contribution in [3.8, 4) is 5.75 Å². The molecule has 0 bridgehead atoms. The van der Waals surface area contributed by atoms with Gasteiger partial charge in [0.15, 0.2) is 0 Å². The second-order valence-electron chi connectivity index (χ2n) is 7.90. The van der Waals surface area contributed by atoms with Gasteiger partial charge in [-0.1, -0.05) is 62.9 Å². The molecule has 0 aliphatic carbocycles. The first kappa shape index (κ1) is 22.1. The van der Waals surface area contributed by atoms with E-state index < -0.39 is 12.0 Å². The van der Waals surface area contributed by atoms with E-state index in [0.717, 1.165) is 34.9 Å². The first-order valence-corrected chi connectivity index (χ1v) is 11.0. The number of carboxylic acid groups (broad SMARTS) is 1. The Morgan fingerprint density at radius 3 is 2.77 bits per heavy atom. The van der Waals surface area contributed by atoms with E-state index in [4.69, 9.17) is 4.74 Å². The Labute approximate surface area is 178 Å². The molecule has 1 saturated heterocycles. The third-order valence-corrected chi connectivity index (χ3v) is 5.67. The van der Waals surface area contributed by atoms with Crippen LogP contribution < -0.4 is 10.1 Å². The predicted octanol–water partition coefficient (Wildman–Crippen LogP) is 3.96. The molecule has 0 saturated carbocycles. The summed E-state index contributed by atoms with van der Waals surface area (Å²) in [5.74, 6) is -0.366. The van der Waals surface area contributed by atoms with Gasteiger partial charge >= 0.3 is 5.97 Å². The Morgan fingerprint density at radius 1 is 1.17 bits per heavy atom. The van der Waals surface area contributed by atoms with Crippen LogP contribution in [0.15, 0.2) is 36.4 Å². The molecule has 1 fully saturated rings. The molecule has 1 aliphatic heterocycles. The molecule has 1 amide bonds. The lowest BCUT2D eigenvalue weighted by atomic mass is 10.0. The molecule has 1 atom stereocenters. The third kappa shape index (κ3) is 5.72. The molecular formula is C24H32N2O4. The molecule has 2 N–H and O–H groups in total. The number of unbranched alkanes of at least 4 members (excludes halogenated alkanes) is 4. The second kappa shape index (κ2) is 11.0. The molecule has 0 spiro atoms. The smallest absolute Gasteiger partial charge is 0.305 e. The van der Waals surface area contributed by atoms with Gasteiger partial charge in [-0.15, -0.1) is 0 Å². The number of aliphatic carboxylic acids is 1. The fourth-order valence-corrected chi connectivity index (χ4v) is 4.04. The van der Waals surface area contributed by atoms with Gasteiger partial charge in [0.2, 0.25) is 5.91 Å². The number of ether oxygens (including phenoxy) is 1. The molecule has 3 rings (SSSR count). The highest BCUT2D eigenvalue weighted by atomic mass is 16.5. The summed E-state index contributed by atoms with van der Waals surface area (Å²) >= 11 is 0. The van der Waals surface area contributed by atoms with Crippen molar-refractivity contribution >= 4 is 22.6 Å². The van der Waals surface area contributed by atoms with Gasteiger partial charge in [-0.2, -0.15) is 0 Å². The van der Waals surface area contributed by atoms with Crippen LogP contribution in [0.2, 0.25) is 0 Å². The van der Waals surface area contributed by atoms with Crippen LogP contribution in [-0.4, -0.2) is 47.6 Å². The molecule has 6 heteroatoms. The van der Waals surface area contributed by atoms with Crippen LogP contribution in [0.25, 0.3) is 10.8 Å². The number of benzene rings is 2. The van der Waals surface area contributed by atoms with E-state index in [1.807, 2.05) is 23.1 Å². The number of carbonyl (C=O) groups excluding carboxylic acids is 1. The number of nitrogens with zero attached hydrogens (tertiary/aromatic N) is 1. The minimum absolute atomic E-state index is 0.204. The molecule has 162 valence electrons. The summed E-state index contributed by atoms with van der Waals surface area (Å²) in [5, 5.41) is 14.3. The van der Waals surface area contributed by atoms with Crippen LogP contribution in [0, 0.1) is 0 Å². The molecule has 1 heterocycles. The van der Waals surface area contributed by atoms with E-state index in [9.17, 15) is 14.7 Å². The average molecular weight is 413 g/mol. The molecule has 6 nitrogen and oxygen atoms in total. The van der Waals surface area contributed by atoms with Crippen molar-refractivity contribution < 1.29 is 19.4 Å². The zero-order valence-corrected chi connectivity index (χ0v) is 17.7. The van der Waals surface area contributed by atoms with Crippen molar-refractivity contribution in [3.05, 3.63) is 42.0 Å². The number of piperazine rings is 1. The number of rotatable bonds is 11. The van der Waals surface area contributed by atoms with Crippen LogP contribution in [0.4, 0.5) is 0 Å². The van der Waals surface area contributed by atoms with Crippen LogP contribution in [-0.2, 0) is 16.1 Å². The van der Waals surface area contributed by atoms with Crippen LogP contribution >= 0.6 is 0 Å². The van der Waals surface area contributed by atoms with E-state index in [2.05, 4.69) is 30.4 Å². The lowest BCUT2D eigenvalue weighted by Gasteiger charge is -2.34. The van der Waals surface area contributed by atoms with Crippen molar-refractivity contribution in [2.45, 2.75) is 58.0 Å². The SMILES string of the molecule is CCCCCCCOc1ccc2ccccc2c1CN1CCNC(=O)C1CC(=O)O. The summed E-state index contributed by atoms with van der Waals surface area (Å²) in [5.41, 5.74) is 1.02. The van der Waals surface area contributed by atoms with Crippen molar-refractivity contribution in [2.75, 3.05) is 19.7 Å².